The molecule has 1 N–H and O–H groups in total. The van der Waals surface area contributed by atoms with E-state index in [9.17, 15) is 0 Å². The second kappa shape index (κ2) is 8.24. The van der Waals surface area contributed by atoms with Gasteiger partial charge in [-0.15, -0.1) is 0 Å². The molecular weight excluding hydrogens is 300 g/mol. The third-order valence-corrected chi connectivity index (χ3v) is 4.43. The molecule has 0 unspecified atom stereocenters. The van der Waals surface area contributed by atoms with Crippen LogP contribution in [-0.4, -0.2) is 37.7 Å². The predicted octanol–water partition coefficient (Wildman–Crippen LogP) is 2.85. The highest BCUT2D eigenvalue weighted by atomic mass is 15.3. The van der Waals surface area contributed by atoms with Crippen LogP contribution in [-0.2, 0) is 26.1 Å². The smallest absolute Gasteiger partial charge is 0.132 e. The van der Waals surface area contributed by atoms with Crippen LogP contribution in [0.25, 0.3) is 0 Å². The minimum Gasteiger partial charge on any atom is -0.364 e. The zero-order chi connectivity index (χ0) is 16.8. The van der Waals surface area contributed by atoms with Crippen molar-refractivity contribution in [2.45, 2.75) is 59.2 Å². The lowest BCUT2D eigenvalue weighted by Crippen LogP contribution is -2.23. The third kappa shape index (κ3) is 4.12. The Kier molecular flexibility index (Phi) is 5.80. The highest BCUT2D eigenvalue weighted by molar-refractivity contribution is 5.42. The minimum absolute atomic E-state index is 0.710. The van der Waals surface area contributed by atoms with Crippen LogP contribution in [0.15, 0.2) is 18.6 Å². The summed E-state index contributed by atoms with van der Waals surface area (Å²) in [6.07, 6.45) is 7.98. The van der Waals surface area contributed by atoms with Crippen molar-refractivity contribution >= 4 is 5.82 Å². The van der Waals surface area contributed by atoms with E-state index in [0.717, 1.165) is 37.4 Å². The van der Waals surface area contributed by atoms with Crippen molar-refractivity contribution in [3.63, 3.8) is 0 Å². The van der Waals surface area contributed by atoms with Crippen molar-refractivity contribution in [2.75, 3.05) is 18.4 Å². The van der Waals surface area contributed by atoms with E-state index >= 15 is 0 Å². The molecule has 0 fully saturated rings. The third-order valence-electron chi connectivity index (χ3n) is 4.43. The summed E-state index contributed by atoms with van der Waals surface area (Å²) in [7, 11) is 0. The lowest BCUT2D eigenvalue weighted by Gasteiger charge is -2.17. The molecule has 0 aliphatic carbocycles. The van der Waals surface area contributed by atoms with E-state index in [1.807, 2.05) is 6.20 Å². The summed E-state index contributed by atoms with van der Waals surface area (Å²) >= 11 is 0. The average Bonchev–Trinajstić information content (AvgIpc) is 2.87. The summed E-state index contributed by atoms with van der Waals surface area (Å²) in [5.41, 5.74) is 3.59. The number of fused-ring (bicyclic) bond motifs is 1. The largest absolute Gasteiger partial charge is 0.364 e. The van der Waals surface area contributed by atoms with E-state index in [-0.39, 0.29) is 0 Å². The number of aryl methyl sites for hydroxylation is 2. The molecule has 3 rings (SSSR count). The van der Waals surface area contributed by atoms with E-state index in [0.29, 0.717) is 6.54 Å². The summed E-state index contributed by atoms with van der Waals surface area (Å²) in [5, 5.41) is 8.22. The zero-order valence-electron chi connectivity index (χ0n) is 14.8. The second-order valence-corrected chi connectivity index (χ2v) is 6.48. The number of aromatic nitrogens is 4. The number of nitrogens with one attached hydrogen (secondary N) is 1. The Bertz CT molecular complexity index is 651. The van der Waals surface area contributed by atoms with E-state index in [1.165, 1.54) is 37.2 Å². The summed E-state index contributed by atoms with van der Waals surface area (Å²) in [5.74, 6) is 0.933. The molecule has 0 saturated carbocycles. The van der Waals surface area contributed by atoms with Gasteiger partial charge in [0.1, 0.15) is 12.1 Å². The number of anilines is 1. The van der Waals surface area contributed by atoms with Gasteiger partial charge in [0.05, 0.1) is 17.9 Å². The Balaban J connectivity index is 1.66. The van der Waals surface area contributed by atoms with E-state index < -0.39 is 0 Å². The van der Waals surface area contributed by atoms with Crippen LogP contribution in [0.2, 0.25) is 0 Å². The van der Waals surface area contributed by atoms with Gasteiger partial charge in [-0.1, -0.05) is 20.3 Å². The second-order valence-electron chi connectivity index (χ2n) is 6.48. The Labute approximate surface area is 144 Å². The molecule has 1 aliphatic rings. The van der Waals surface area contributed by atoms with Gasteiger partial charge in [0.25, 0.3) is 0 Å². The van der Waals surface area contributed by atoms with E-state index in [1.54, 1.807) is 6.33 Å². The molecule has 0 aromatic carbocycles. The first-order valence-corrected chi connectivity index (χ1v) is 9.10. The first-order chi connectivity index (χ1) is 11.8. The summed E-state index contributed by atoms with van der Waals surface area (Å²) in [6, 6.07) is 2.24. The summed E-state index contributed by atoms with van der Waals surface area (Å²) in [4.78, 5) is 11.0. The molecule has 2 aromatic rings. The molecule has 0 saturated heterocycles. The molecule has 6 nitrogen and oxygen atoms in total. The van der Waals surface area contributed by atoms with Crippen LogP contribution >= 0.6 is 0 Å². The van der Waals surface area contributed by atoms with Crippen LogP contribution in [0.5, 0.6) is 0 Å². The van der Waals surface area contributed by atoms with Crippen LogP contribution in [0.4, 0.5) is 5.82 Å². The van der Waals surface area contributed by atoms with Crippen molar-refractivity contribution in [3.8, 4) is 0 Å². The van der Waals surface area contributed by atoms with Gasteiger partial charge in [0, 0.05) is 31.4 Å². The van der Waals surface area contributed by atoms with Crippen LogP contribution in [0.1, 0.15) is 50.1 Å². The van der Waals surface area contributed by atoms with Gasteiger partial charge in [0.2, 0.25) is 0 Å². The molecule has 1 aliphatic heterocycles. The van der Waals surface area contributed by atoms with Crippen molar-refractivity contribution < 1.29 is 0 Å². The molecule has 24 heavy (non-hydrogen) atoms. The molecule has 0 atom stereocenters. The maximum absolute atomic E-state index is 4.78. The van der Waals surface area contributed by atoms with Gasteiger partial charge >= 0.3 is 0 Å². The van der Waals surface area contributed by atoms with Crippen molar-refractivity contribution in [1.82, 2.24) is 24.6 Å². The summed E-state index contributed by atoms with van der Waals surface area (Å²) in [6.45, 7) is 9.49. The lowest BCUT2D eigenvalue weighted by atomic mass is 10.2. The monoisotopic (exact) mass is 328 g/mol. The number of nitrogens with zero attached hydrogens (tertiary/aromatic N) is 5. The quantitative estimate of drug-likeness (QED) is 0.847. The van der Waals surface area contributed by atoms with Crippen LogP contribution in [0.3, 0.4) is 0 Å². The fraction of sp³-hybridized carbons (Fsp3) is 0.611. The van der Waals surface area contributed by atoms with Gasteiger partial charge in [-0.05, 0) is 31.9 Å². The maximum atomic E-state index is 4.78. The van der Waals surface area contributed by atoms with E-state index in [4.69, 9.17) is 5.10 Å². The summed E-state index contributed by atoms with van der Waals surface area (Å²) < 4.78 is 2.18. The maximum Gasteiger partial charge on any atom is 0.132 e. The van der Waals surface area contributed by atoms with Crippen molar-refractivity contribution in [3.05, 3.63) is 35.5 Å². The molecule has 0 spiro atoms. The molecule has 130 valence electrons. The Morgan fingerprint density at radius 3 is 2.96 bits per heavy atom. The molecule has 3 heterocycles. The first-order valence-electron chi connectivity index (χ1n) is 9.10. The van der Waals surface area contributed by atoms with Gasteiger partial charge in [-0.3, -0.25) is 9.58 Å². The number of hydrogen-bond acceptors (Lipinski definition) is 5. The highest BCUT2D eigenvalue weighted by Gasteiger charge is 2.16. The predicted molar refractivity (Wildman–Crippen MR) is 95.8 cm³/mol. The van der Waals surface area contributed by atoms with Gasteiger partial charge in [0.15, 0.2) is 0 Å². The molecule has 0 amide bonds. The fourth-order valence-electron chi connectivity index (χ4n) is 3.33. The Hall–Kier alpha value is -1.95. The SMILES string of the molecule is CCCc1cncnc1NCc1cc2n(n1)CCCN(CCC)C2. The van der Waals surface area contributed by atoms with E-state index in [2.05, 4.69) is 44.8 Å². The Morgan fingerprint density at radius 1 is 1.21 bits per heavy atom. The Morgan fingerprint density at radius 2 is 2.12 bits per heavy atom. The van der Waals surface area contributed by atoms with Crippen molar-refractivity contribution in [2.24, 2.45) is 0 Å². The fourth-order valence-corrected chi connectivity index (χ4v) is 3.33. The van der Waals surface area contributed by atoms with Gasteiger partial charge < -0.3 is 5.32 Å². The zero-order valence-corrected chi connectivity index (χ0v) is 14.8. The normalized spacial score (nSPS) is 15.1. The highest BCUT2D eigenvalue weighted by Crippen LogP contribution is 2.16. The number of rotatable bonds is 7. The van der Waals surface area contributed by atoms with Crippen LogP contribution in [0, 0.1) is 0 Å². The van der Waals surface area contributed by atoms with Gasteiger partial charge in [-0.2, -0.15) is 5.10 Å². The van der Waals surface area contributed by atoms with Gasteiger partial charge in [-0.25, -0.2) is 9.97 Å². The number of hydrogen-bond donors (Lipinski definition) is 1. The minimum atomic E-state index is 0.710. The molecular formula is C18H28N6. The molecule has 0 radical (unpaired) electrons. The molecule has 2 aromatic heterocycles. The van der Waals surface area contributed by atoms with Crippen molar-refractivity contribution in [1.29, 1.82) is 0 Å². The standard InChI is InChI=1S/C18H28N6/c1-3-6-15-11-19-14-21-18(15)20-12-16-10-17-13-23(7-4-2)8-5-9-24(17)22-16/h10-11,14H,3-9,12-13H2,1-2H3,(H,19,20,21). The topological polar surface area (TPSA) is 58.9 Å². The first kappa shape index (κ1) is 16.9. The average molecular weight is 328 g/mol. The van der Waals surface area contributed by atoms with Crippen LogP contribution < -0.4 is 5.32 Å². The lowest BCUT2D eigenvalue weighted by molar-refractivity contribution is 0.270. The molecule has 6 heteroatoms. The molecule has 0 bridgehead atoms.